The number of hydrogen-bond donors (Lipinski definition) is 1. The lowest BCUT2D eigenvalue weighted by Crippen LogP contribution is -2.41. The fourth-order valence-corrected chi connectivity index (χ4v) is 2.94. The number of carbonyl (C=O) groups excluding carboxylic acids is 1. The van der Waals surface area contributed by atoms with E-state index in [1.54, 1.807) is 6.92 Å². The molecule has 0 radical (unpaired) electrons. The second kappa shape index (κ2) is 9.39. The zero-order valence-corrected chi connectivity index (χ0v) is 14.0. The average Bonchev–Trinajstić information content (AvgIpc) is 2.40. The highest BCUT2D eigenvalue weighted by atomic mass is 16.1. The molecular formula is C17H35NO. The summed E-state index contributed by atoms with van der Waals surface area (Å²) < 4.78 is 0. The van der Waals surface area contributed by atoms with Gasteiger partial charge in [-0.2, -0.15) is 0 Å². The minimum absolute atomic E-state index is 0.104. The topological polar surface area (TPSA) is 29.1 Å². The first-order chi connectivity index (χ1) is 8.91. The summed E-state index contributed by atoms with van der Waals surface area (Å²) in [6.07, 6.45) is 7.39. The molecule has 0 aliphatic rings. The van der Waals surface area contributed by atoms with E-state index in [-0.39, 0.29) is 5.91 Å². The van der Waals surface area contributed by atoms with Crippen molar-refractivity contribution in [1.82, 2.24) is 5.32 Å². The number of rotatable bonds is 10. The molecule has 0 saturated heterocycles. The summed E-state index contributed by atoms with van der Waals surface area (Å²) >= 11 is 0. The number of hydrogen-bond acceptors (Lipinski definition) is 1. The predicted molar refractivity (Wildman–Crippen MR) is 84.2 cm³/mol. The van der Waals surface area contributed by atoms with Crippen LogP contribution in [0.2, 0.25) is 0 Å². The van der Waals surface area contributed by atoms with E-state index >= 15 is 0 Å². The summed E-state index contributed by atoms with van der Waals surface area (Å²) in [5.41, 5.74) is 0.290. The minimum Gasteiger partial charge on any atom is -0.356 e. The van der Waals surface area contributed by atoms with Gasteiger partial charge < -0.3 is 5.32 Å². The highest BCUT2D eigenvalue weighted by Crippen LogP contribution is 2.40. The zero-order valence-electron chi connectivity index (χ0n) is 14.0. The maximum Gasteiger partial charge on any atom is 0.216 e. The van der Waals surface area contributed by atoms with Crippen molar-refractivity contribution >= 4 is 5.91 Å². The van der Waals surface area contributed by atoms with Gasteiger partial charge in [-0.05, 0) is 30.1 Å². The Morgan fingerprint density at radius 1 is 1.11 bits per heavy atom. The van der Waals surface area contributed by atoms with E-state index in [0.29, 0.717) is 11.3 Å². The number of nitrogens with one attached hydrogen (secondary N) is 1. The first-order valence-electron chi connectivity index (χ1n) is 8.16. The first-order valence-corrected chi connectivity index (χ1v) is 8.16. The molecule has 0 aromatic rings. The molecule has 0 saturated carbocycles. The van der Waals surface area contributed by atoms with Gasteiger partial charge in [0.15, 0.2) is 0 Å². The van der Waals surface area contributed by atoms with Gasteiger partial charge in [-0.3, -0.25) is 4.79 Å². The lowest BCUT2D eigenvalue weighted by Gasteiger charge is -2.40. The fraction of sp³-hybridized carbons (Fsp3) is 0.941. The van der Waals surface area contributed by atoms with Gasteiger partial charge in [0.25, 0.3) is 0 Å². The first kappa shape index (κ1) is 18.5. The van der Waals surface area contributed by atoms with Crippen LogP contribution >= 0.6 is 0 Å². The van der Waals surface area contributed by atoms with Crippen molar-refractivity contribution in [3.63, 3.8) is 0 Å². The maximum absolute atomic E-state index is 11.3. The third kappa shape index (κ3) is 6.44. The molecule has 0 aliphatic carbocycles. The molecule has 3 unspecified atom stereocenters. The van der Waals surface area contributed by atoms with E-state index in [1.807, 2.05) is 0 Å². The largest absolute Gasteiger partial charge is 0.356 e. The molecule has 19 heavy (non-hydrogen) atoms. The van der Waals surface area contributed by atoms with E-state index < -0.39 is 0 Å². The predicted octanol–water partition coefficient (Wildman–Crippen LogP) is 4.78. The van der Waals surface area contributed by atoms with Crippen molar-refractivity contribution in [2.24, 2.45) is 17.3 Å². The Hall–Kier alpha value is -0.530. The van der Waals surface area contributed by atoms with E-state index in [1.165, 1.54) is 38.5 Å². The van der Waals surface area contributed by atoms with Crippen LogP contribution in [-0.4, -0.2) is 12.5 Å². The number of carbonyl (C=O) groups is 1. The van der Waals surface area contributed by atoms with Crippen molar-refractivity contribution in [2.45, 2.75) is 80.1 Å². The van der Waals surface area contributed by atoms with Crippen LogP contribution in [-0.2, 0) is 4.79 Å². The normalized spacial score (nSPS) is 17.6. The van der Waals surface area contributed by atoms with Gasteiger partial charge >= 0.3 is 0 Å². The van der Waals surface area contributed by atoms with Crippen LogP contribution in [0.5, 0.6) is 0 Å². The summed E-state index contributed by atoms with van der Waals surface area (Å²) in [6, 6.07) is 0. The molecule has 0 aromatic carbocycles. The fourth-order valence-electron chi connectivity index (χ4n) is 2.94. The molecule has 0 heterocycles. The molecule has 2 heteroatoms. The minimum atomic E-state index is 0.104. The van der Waals surface area contributed by atoms with Crippen LogP contribution < -0.4 is 5.32 Å². The van der Waals surface area contributed by atoms with Crippen LogP contribution in [0.3, 0.4) is 0 Å². The third-order valence-electron chi connectivity index (χ3n) is 4.93. The molecular weight excluding hydrogens is 234 g/mol. The Bertz CT molecular complexity index is 252. The molecule has 1 N–H and O–H groups in total. The molecule has 0 fully saturated rings. The van der Waals surface area contributed by atoms with E-state index in [2.05, 4.69) is 39.9 Å². The lowest BCUT2D eigenvalue weighted by molar-refractivity contribution is -0.119. The summed E-state index contributed by atoms with van der Waals surface area (Å²) in [4.78, 5) is 11.3. The van der Waals surface area contributed by atoms with Gasteiger partial charge in [0, 0.05) is 13.5 Å². The van der Waals surface area contributed by atoms with Crippen LogP contribution in [0.25, 0.3) is 0 Å². The van der Waals surface area contributed by atoms with Crippen molar-refractivity contribution in [2.75, 3.05) is 6.54 Å². The second-order valence-corrected chi connectivity index (χ2v) is 6.38. The van der Waals surface area contributed by atoms with Gasteiger partial charge in [0.1, 0.15) is 0 Å². The SMILES string of the molecule is CCCC(CCC(C)CC)(CNC(C)=O)C(C)CC. The van der Waals surface area contributed by atoms with Crippen LogP contribution in [0, 0.1) is 17.3 Å². The zero-order chi connectivity index (χ0) is 14.9. The molecule has 2 nitrogen and oxygen atoms in total. The van der Waals surface area contributed by atoms with Crippen molar-refractivity contribution in [1.29, 1.82) is 0 Å². The average molecular weight is 269 g/mol. The van der Waals surface area contributed by atoms with E-state index in [9.17, 15) is 4.79 Å². The van der Waals surface area contributed by atoms with Crippen LogP contribution in [0.1, 0.15) is 80.1 Å². The van der Waals surface area contributed by atoms with Crippen molar-refractivity contribution < 1.29 is 4.79 Å². The summed E-state index contributed by atoms with van der Waals surface area (Å²) in [5.74, 6) is 1.56. The molecule has 0 spiro atoms. The quantitative estimate of drug-likeness (QED) is 0.607. The smallest absolute Gasteiger partial charge is 0.216 e. The molecule has 0 bridgehead atoms. The van der Waals surface area contributed by atoms with Crippen LogP contribution in [0.4, 0.5) is 0 Å². The highest BCUT2D eigenvalue weighted by Gasteiger charge is 2.34. The monoisotopic (exact) mass is 269 g/mol. The summed E-state index contributed by atoms with van der Waals surface area (Å²) in [6.45, 7) is 14.0. The molecule has 0 rings (SSSR count). The molecule has 3 atom stereocenters. The number of amides is 1. The van der Waals surface area contributed by atoms with Gasteiger partial charge in [-0.1, -0.05) is 60.3 Å². The lowest BCUT2D eigenvalue weighted by atomic mass is 9.68. The Labute approximate surface area is 120 Å². The van der Waals surface area contributed by atoms with Gasteiger partial charge in [-0.25, -0.2) is 0 Å². The Kier molecular flexibility index (Phi) is 9.12. The molecule has 114 valence electrons. The van der Waals surface area contributed by atoms with Gasteiger partial charge in [0.05, 0.1) is 0 Å². The van der Waals surface area contributed by atoms with Gasteiger partial charge in [-0.15, -0.1) is 0 Å². The van der Waals surface area contributed by atoms with Crippen molar-refractivity contribution in [3.05, 3.63) is 0 Å². The van der Waals surface area contributed by atoms with E-state index in [4.69, 9.17) is 0 Å². The molecule has 0 aromatic heterocycles. The second-order valence-electron chi connectivity index (χ2n) is 6.38. The Balaban J connectivity index is 4.84. The standard InChI is InChI=1S/C17H35NO/c1-7-11-17(15(5)9-3,13-18-16(6)19)12-10-14(4)8-2/h14-15H,7-13H2,1-6H3,(H,18,19). The third-order valence-corrected chi connectivity index (χ3v) is 4.93. The Morgan fingerprint density at radius 2 is 1.74 bits per heavy atom. The summed E-state index contributed by atoms with van der Waals surface area (Å²) in [7, 11) is 0. The molecule has 0 aliphatic heterocycles. The molecule has 1 amide bonds. The van der Waals surface area contributed by atoms with Crippen molar-refractivity contribution in [3.8, 4) is 0 Å². The van der Waals surface area contributed by atoms with E-state index in [0.717, 1.165) is 12.5 Å². The van der Waals surface area contributed by atoms with Gasteiger partial charge in [0.2, 0.25) is 5.91 Å². The van der Waals surface area contributed by atoms with Crippen LogP contribution in [0.15, 0.2) is 0 Å². The maximum atomic E-state index is 11.3. The summed E-state index contributed by atoms with van der Waals surface area (Å²) in [5, 5.41) is 3.09. The Morgan fingerprint density at radius 3 is 2.16 bits per heavy atom. The highest BCUT2D eigenvalue weighted by molar-refractivity contribution is 5.72.